The lowest BCUT2D eigenvalue weighted by molar-refractivity contribution is 0.102. The first kappa shape index (κ1) is 14.9. The van der Waals surface area contributed by atoms with Gasteiger partial charge < -0.3 is 11.1 Å². The molecule has 0 aromatic heterocycles. The van der Waals surface area contributed by atoms with Gasteiger partial charge in [0.1, 0.15) is 0 Å². The molecular weight excluding hydrogens is 340 g/mol. The number of nitrogens with one attached hydrogen (secondary N) is 1. The van der Waals surface area contributed by atoms with Crippen molar-refractivity contribution in [2.75, 3.05) is 11.1 Å². The Morgan fingerprint density at radius 2 is 2.10 bits per heavy atom. The highest BCUT2D eigenvalue weighted by Gasteiger charge is 2.13. The van der Waals surface area contributed by atoms with Crippen LogP contribution in [0, 0.1) is 0 Å². The van der Waals surface area contributed by atoms with E-state index in [0.29, 0.717) is 16.3 Å². The summed E-state index contributed by atoms with van der Waals surface area (Å²) in [6.07, 6.45) is 0.820. The summed E-state index contributed by atoms with van der Waals surface area (Å²) in [5, 5.41) is 3.25. The van der Waals surface area contributed by atoms with Gasteiger partial charge in [-0.3, -0.25) is 4.79 Å². The molecule has 0 saturated heterocycles. The van der Waals surface area contributed by atoms with E-state index >= 15 is 0 Å². The van der Waals surface area contributed by atoms with Gasteiger partial charge in [0.2, 0.25) is 0 Å². The first-order valence-electron chi connectivity index (χ1n) is 6.16. The summed E-state index contributed by atoms with van der Waals surface area (Å²) in [5.74, 6) is -0.262. The molecule has 1 amide bonds. The van der Waals surface area contributed by atoms with Crippen LogP contribution in [-0.2, 0) is 6.42 Å². The topological polar surface area (TPSA) is 55.1 Å². The first-order chi connectivity index (χ1) is 9.52. The quantitative estimate of drug-likeness (QED) is 0.798. The van der Waals surface area contributed by atoms with Crippen molar-refractivity contribution in [3.05, 3.63) is 57.0 Å². The van der Waals surface area contributed by atoms with Crippen LogP contribution in [0.2, 0.25) is 5.02 Å². The molecular formula is C15H14BrClN2O. The summed E-state index contributed by atoms with van der Waals surface area (Å²) in [6.45, 7) is 2.03. The van der Waals surface area contributed by atoms with E-state index in [-0.39, 0.29) is 5.91 Å². The Morgan fingerprint density at radius 1 is 1.35 bits per heavy atom. The maximum Gasteiger partial charge on any atom is 0.257 e. The highest BCUT2D eigenvalue weighted by molar-refractivity contribution is 9.10. The number of carbonyl (C=O) groups excluding carboxylic acids is 1. The second-order valence-corrected chi connectivity index (χ2v) is 5.63. The van der Waals surface area contributed by atoms with Gasteiger partial charge in [0.15, 0.2) is 0 Å². The zero-order valence-corrected chi connectivity index (χ0v) is 13.3. The van der Waals surface area contributed by atoms with E-state index in [1.165, 1.54) is 0 Å². The van der Waals surface area contributed by atoms with Gasteiger partial charge in [0.25, 0.3) is 5.91 Å². The normalized spacial score (nSPS) is 10.3. The minimum Gasteiger partial charge on any atom is -0.397 e. The van der Waals surface area contributed by atoms with Crippen LogP contribution in [0.1, 0.15) is 22.8 Å². The van der Waals surface area contributed by atoms with Crippen LogP contribution in [-0.4, -0.2) is 5.91 Å². The minimum absolute atomic E-state index is 0.262. The van der Waals surface area contributed by atoms with Crippen molar-refractivity contribution >= 4 is 44.8 Å². The standard InChI is InChI=1S/C15H14BrClN2O/c1-2-9-8-10(16)6-7-13(9)19-15(20)11-4-3-5-12(17)14(11)18/h3-8H,2,18H2,1H3,(H,19,20). The van der Waals surface area contributed by atoms with Gasteiger partial charge in [-0.2, -0.15) is 0 Å². The average Bonchev–Trinajstić information content (AvgIpc) is 2.43. The predicted octanol–water partition coefficient (Wildman–Crippen LogP) is 4.50. The Morgan fingerprint density at radius 3 is 2.80 bits per heavy atom. The minimum atomic E-state index is -0.262. The third-order valence-electron chi connectivity index (χ3n) is 2.99. The summed E-state index contributed by atoms with van der Waals surface area (Å²) < 4.78 is 0.981. The van der Waals surface area contributed by atoms with E-state index in [9.17, 15) is 4.79 Å². The molecule has 5 heteroatoms. The molecule has 2 rings (SSSR count). The van der Waals surface area contributed by atoms with Gasteiger partial charge >= 0.3 is 0 Å². The van der Waals surface area contributed by atoms with Crippen molar-refractivity contribution in [2.24, 2.45) is 0 Å². The van der Waals surface area contributed by atoms with Gasteiger partial charge in [-0.25, -0.2) is 0 Å². The highest BCUT2D eigenvalue weighted by atomic mass is 79.9. The molecule has 3 N–H and O–H groups in total. The van der Waals surface area contributed by atoms with Gasteiger partial charge in [-0.15, -0.1) is 0 Å². The zero-order valence-electron chi connectivity index (χ0n) is 10.9. The summed E-state index contributed by atoms with van der Waals surface area (Å²) in [4.78, 5) is 12.3. The second-order valence-electron chi connectivity index (χ2n) is 4.31. The van der Waals surface area contributed by atoms with Crippen molar-refractivity contribution in [1.29, 1.82) is 0 Å². The number of nitrogen functional groups attached to an aromatic ring is 1. The predicted molar refractivity (Wildman–Crippen MR) is 87.3 cm³/mol. The van der Waals surface area contributed by atoms with Gasteiger partial charge in [-0.1, -0.05) is 40.5 Å². The Balaban J connectivity index is 2.30. The van der Waals surface area contributed by atoms with Gasteiger partial charge in [0, 0.05) is 10.2 Å². The third-order valence-corrected chi connectivity index (χ3v) is 3.82. The van der Waals surface area contributed by atoms with Crippen molar-refractivity contribution in [2.45, 2.75) is 13.3 Å². The van der Waals surface area contributed by atoms with Crippen LogP contribution in [0.4, 0.5) is 11.4 Å². The monoisotopic (exact) mass is 352 g/mol. The number of carbonyl (C=O) groups is 1. The Labute approximate surface area is 131 Å². The fourth-order valence-corrected chi connectivity index (χ4v) is 2.48. The molecule has 0 unspecified atom stereocenters. The summed E-state index contributed by atoms with van der Waals surface area (Å²) in [6, 6.07) is 10.7. The highest BCUT2D eigenvalue weighted by Crippen LogP contribution is 2.25. The van der Waals surface area contributed by atoms with Crippen LogP contribution in [0.15, 0.2) is 40.9 Å². The number of aryl methyl sites for hydroxylation is 1. The fraction of sp³-hybridized carbons (Fsp3) is 0.133. The number of amides is 1. The van der Waals surface area contributed by atoms with Crippen LogP contribution >= 0.6 is 27.5 Å². The molecule has 20 heavy (non-hydrogen) atoms. The van der Waals surface area contributed by atoms with E-state index in [1.807, 2.05) is 25.1 Å². The zero-order chi connectivity index (χ0) is 14.7. The number of halogens is 2. The molecule has 0 aliphatic heterocycles. The molecule has 2 aromatic carbocycles. The number of hydrogen-bond acceptors (Lipinski definition) is 2. The van der Waals surface area contributed by atoms with Crippen LogP contribution in [0.25, 0.3) is 0 Å². The molecule has 104 valence electrons. The largest absolute Gasteiger partial charge is 0.397 e. The second kappa shape index (κ2) is 6.29. The molecule has 0 atom stereocenters. The summed E-state index contributed by atoms with van der Waals surface area (Å²) >= 11 is 9.35. The van der Waals surface area contributed by atoms with Crippen molar-refractivity contribution < 1.29 is 4.79 Å². The lowest BCUT2D eigenvalue weighted by Crippen LogP contribution is -2.15. The SMILES string of the molecule is CCc1cc(Br)ccc1NC(=O)c1cccc(Cl)c1N. The van der Waals surface area contributed by atoms with Gasteiger partial charge in [-0.05, 0) is 42.3 Å². The average molecular weight is 354 g/mol. The van der Waals surface area contributed by atoms with Gasteiger partial charge in [0.05, 0.1) is 16.3 Å². The molecule has 3 nitrogen and oxygen atoms in total. The van der Waals surface area contributed by atoms with E-state index in [4.69, 9.17) is 17.3 Å². The molecule has 2 aromatic rings. The molecule has 0 spiro atoms. The van der Waals surface area contributed by atoms with Crippen LogP contribution in [0.5, 0.6) is 0 Å². The van der Waals surface area contributed by atoms with Crippen molar-refractivity contribution in [3.63, 3.8) is 0 Å². The lowest BCUT2D eigenvalue weighted by atomic mass is 10.1. The van der Waals surface area contributed by atoms with Crippen LogP contribution < -0.4 is 11.1 Å². The third kappa shape index (κ3) is 3.14. The summed E-state index contributed by atoms with van der Waals surface area (Å²) in [7, 11) is 0. The molecule has 0 heterocycles. The molecule has 0 bridgehead atoms. The Hall–Kier alpha value is -1.52. The molecule has 0 aliphatic carbocycles. The Kier molecular flexibility index (Phi) is 4.68. The molecule has 0 fully saturated rings. The number of hydrogen-bond donors (Lipinski definition) is 2. The van der Waals surface area contributed by atoms with E-state index in [1.54, 1.807) is 18.2 Å². The molecule has 0 saturated carbocycles. The number of rotatable bonds is 3. The number of nitrogens with two attached hydrogens (primary N) is 1. The Bertz CT molecular complexity index is 658. The molecule has 0 radical (unpaired) electrons. The van der Waals surface area contributed by atoms with E-state index < -0.39 is 0 Å². The lowest BCUT2D eigenvalue weighted by Gasteiger charge is -2.12. The fourth-order valence-electron chi connectivity index (χ4n) is 1.90. The molecule has 0 aliphatic rings. The smallest absolute Gasteiger partial charge is 0.257 e. The van der Waals surface area contributed by atoms with Crippen molar-refractivity contribution in [3.8, 4) is 0 Å². The number of para-hydroxylation sites is 1. The maximum absolute atomic E-state index is 12.3. The number of anilines is 2. The number of benzene rings is 2. The van der Waals surface area contributed by atoms with Crippen molar-refractivity contribution in [1.82, 2.24) is 0 Å². The maximum atomic E-state index is 12.3. The first-order valence-corrected chi connectivity index (χ1v) is 7.33. The van der Waals surface area contributed by atoms with E-state index in [0.717, 1.165) is 22.1 Å². The van der Waals surface area contributed by atoms with Crippen LogP contribution in [0.3, 0.4) is 0 Å². The summed E-state index contributed by atoms with van der Waals surface area (Å²) in [5.41, 5.74) is 8.33. The van der Waals surface area contributed by atoms with E-state index in [2.05, 4.69) is 21.2 Å².